The maximum Gasteiger partial charge on any atom is 0.270 e. The van der Waals surface area contributed by atoms with Crippen LogP contribution in [0.4, 0.5) is 5.69 Å². The summed E-state index contributed by atoms with van der Waals surface area (Å²) < 4.78 is 5.47. The Hall–Kier alpha value is -3.48. The second kappa shape index (κ2) is 6.76. The number of rotatable bonds is 2. The molecule has 7 nitrogen and oxygen atoms in total. The van der Waals surface area contributed by atoms with E-state index in [1.807, 2.05) is 54.3 Å². The van der Waals surface area contributed by atoms with Gasteiger partial charge in [-0.25, -0.2) is 0 Å². The molecule has 0 unspecified atom stereocenters. The Morgan fingerprint density at radius 3 is 2.81 bits per heavy atom. The Kier molecular flexibility index (Phi) is 4.06. The number of aromatic amines is 1. The van der Waals surface area contributed by atoms with Gasteiger partial charge in [0.25, 0.3) is 11.8 Å². The first-order valence-corrected chi connectivity index (χ1v) is 11.1. The molecule has 1 aliphatic carbocycles. The number of fused-ring (bicyclic) bond motifs is 4. The Morgan fingerprint density at radius 1 is 1.12 bits per heavy atom. The van der Waals surface area contributed by atoms with Crippen molar-refractivity contribution < 1.29 is 14.3 Å². The molecule has 3 aliphatic rings. The summed E-state index contributed by atoms with van der Waals surface area (Å²) in [5.41, 5.74) is 3.46. The van der Waals surface area contributed by atoms with Crippen molar-refractivity contribution in [2.75, 3.05) is 25.5 Å². The van der Waals surface area contributed by atoms with Gasteiger partial charge in [-0.2, -0.15) is 0 Å². The van der Waals surface area contributed by atoms with Gasteiger partial charge in [0.05, 0.1) is 18.2 Å². The number of ether oxygens (including phenoxy) is 1. The third kappa shape index (κ3) is 2.60. The van der Waals surface area contributed by atoms with Crippen LogP contribution in [0.2, 0.25) is 0 Å². The zero-order valence-electron chi connectivity index (χ0n) is 18.2. The van der Waals surface area contributed by atoms with Gasteiger partial charge < -0.3 is 25.3 Å². The fourth-order valence-corrected chi connectivity index (χ4v) is 6.00. The minimum atomic E-state index is -0.496. The Balaban J connectivity index is 1.30. The number of hydrogen-bond acceptors (Lipinski definition) is 4. The molecule has 2 fully saturated rings. The zero-order valence-corrected chi connectivity index (χ0v) is 18.2. The highest BCUT2D eigenvalue weighted by molar-refractivity contribution is 6.03. The lowest BCUT2D eigenvalue weighted by molar-refractivity contribution is 0.0762. The van der Waals surface area contributed by atoms with Crippen LogP contribution in [0.3, 0.4) is 0 Å². The van der Waals surface area contributed by atoms with Crippen LogP contribution in [-0.2, 0) is 0 Å². The molecule has 3 N–H and O–H groups in total. The van der Waals surface area contributed by atoms with Gasteiger partial charge in [0.1, 0.15) is 17.1 Å². The summed E-state index contributed by atoms with van der Waals surface area (Å²) >= 11 is 0. The lowest BCUT2D eigenvalue weighted by Crippen LogP contribution is -2.61. The van der Waals surface area contributed by atoms with E-state index in [-0.39, 0.29) is 17.7 Å². The van der Waals surface area contributed by atoms with Crippen LogP contribution in [0.25, 0.3) is 10.9 Å². The van der Waals surface area contributed by atoms with Gasteiger partial charge in [0.15, 0.2) is 0 Å². The van der Waals surface area contributed by atoms with Crippen LogP contribution in [-0.4, -0.2) is 47.6 Å². The van der Waals surface area contributed by atoms with Crippen molar-refractivity contribution >= 4 is 28.4 Å². The fraction of sp³-hybridized carbons (Fsp3) is 0.360. The maximum absolute atomic E-state index is 13.5. The Morgan fingerprint density at radius 2 is 1.97 bits per heavy atom. The summed E-state index contributed by atoms with van der Waals surface area (Å²) in [7, 11) is 1.64. The number of para-hydroxylation sites is 2. The Bertz CT molecular complexity index is 1270. The molecule has 7 heteroatoms. The van der Waals surface area contributed by atoms with E-state index in [2.05, 4.69) is 15.6 Å². The predicted molar refractivity (Wildman–Crippen MR) is 122 cm³/mol. The summed E-state index contributed by atoms with van der Waals surface area (Å²) in [5, 5.41) is 7.88. The van der Waals surface area contributed by atoms with Crippen molar-refractivity contribution in [2.24, 2.45) is 11.8 Å². The first-order chi connectivity index (χ1) is 15.5. The Labute approximate surface area is 186 Å². The number of methoxy groups -OCH3 is 1. The number of carbonyl (C=O) groups is 2. The van der Waals surface area contributed by atoms with Crippen molar-refractivity contribution in [2.45, 2.75) is 25.4 Å². The standard InChI is InChI=1S/C25H26N4O3/c1-14-16-7-5-9-20(32-2)22(16)26-21(14)24(31)29-12-15-10-11-25(18(15)13-29)27-19-8-4-3-6-17(19)23(30)28-25/h3-9,15,18,26-27H,10-13H2,1-2H3,(H,28,30)/t15-,18+,25+/m1/s1. The molecule has 2 aromatic carbocycles. The smallest absolute Gasteiger partial charge is 0.270 e. The van der Waals surface area contributed by atoms with Gasteiger partial charge in [-0.15, -0.1) is 0 Å². The first kappa shape index (κ1) is 19.2. The van der Waals surface area contributed by atoms with E-state index in [1.54, 1.807) is 7.11 Å². The average Bonchev–Trinajstić information content (AvgIpc) is 3.47. The van der Waals surface area contributed by atoms with Crippen molar-refractivity contribution in [1.82, 2.24) is 15.2 Å². The maximum atomic E-state index is 13.5. The summed E-state index contributed by atoms with van der Waals surface area (Å²) in [4.78, 5) is 31.6. The van der Waals surface area contributed by atoms with Gasteiger partial charge in [0.2, 0.25) is 0 Å². The lowest BCUT2D eigenvalue weighted by atomic mass is 9.89. The van der Waals surface area contributed by atoms with E-state index in [4.69, 9.17) is 4.74 Å². The molecule has 1 aromatic heterocycles. The molecule has 3 aromatic rings. The molecule has 0 radical (unpaired) electrons. The largest absolute Gasteiger partial charge is 0.495 e. The second-order valence-electron chi connectivity index (χ2n) is 9.22. The number of H-pyrrole nitrogens is 1. The van der Waals surface area contributed by atoms with Crippen LogP contribution < -0.4 is 15.4 Å². The lowest BCUT2D eigenvalue weighted by Gasteiger charge is -2.42. The molecular weight excluding hydrogens is 404 g/mol. The van der Waals surface area contributed by atoms with E-state index in [0.717, 1.165) is 40.7 Å². The van der Waals surface area contributed by atoms with Gasteiger partial charge in [0, 0.05) is 30.1 Å². The van der Waals surface area contributed by atoms with Crippen molar-refractivity contribution in [3.05, 3.63) is 59.3 Å². The summed E-state index contributed by atoms with van der Waals surface area (Å²) in [6.07, 6.45) is 1.84. The summed E-state index contributed by atoms with van der Waals surface area (Å²) in [5.74, 6) is 1.23. The number of likely N-dealkylation sites (tertiary alicyclic amines) is 1. The predicted octanol–water partition coefficient (Wildman–Crippen LogP) is 3.52. The van der Waals surface area contributed by atoms with Crippen molar-refractivity contribution in [3.63, 3.8) is 0 Å². The molecule has 0 bridgehead atoms. The van der Waals surface area contributed by atoms with Crippen LogP contribution in [0.5, 0.6) is 5.75 Å². The molecule has 164 valence electrons. The summed E-state index contributed by atoms with van der Waals surface area (Å²) in [6.45, 7) is 3.30. The van der Waals surface area contributed by atoms with E-state index < -0.39 is 5.66 Å². The number of amides is 2. The number of aromatic nitrogens is 1. The quantitative estimate of drug-likeness (QED) is 0.581. The number of anilines is 1. The molecule has 2 aliphatic heterocycles. The molecule has 2 amide bonds. The number of nitrogens with one attached hydrogen (secondary N) is 3. The van der Waals surface area contributed by atoms with E-state index >= 15 is 0 Å². The first-order valence-electron chi connectivity index (χ1n) is 11.1. The SMILES string of the molecule is COc1cccc2c(C)c(C(=O)N3C[C@H]4CC[C@]5(NC(=O)c6ccccc6N5)[C@H]4C3)[nH]c12. The third-order valence-corrected chi connectivity index (χ3v) is 7.63. The highest BCUT2D eigenvalue weighted by atomic mass is 16.5. The van der Waals surface area contributed by atoms with Gasteiger partial charge in [-0.1, -0.05) is 24.3 Å². The van der Waals surface area contributed by atoms with Crippen molar-refractivity contribution in [3.8, 4) is 5.75 Å². The minimum absolute atomic E-state index is 0.00726. The molecule has 3 atom stereocenters. The van der Waals surface area contributed by atoms with E-state index in [0.29, 0.717) is 30.3 Å². The van der Waals surface area contributed by atoms with E-state index in [9.17, 15) is 9.59 Å². The molecule has 3 heterocycles. The number of nitrogens with zero attached hydrogens (tertiary/aromatic N) is 1. The zero-order chi connectivity index (χ0) is 22.0. The molecule has 1 spiro atoms. The molecular formula is C25H26N4O3. The average molecular weight is 431 g/mol. The highest BCUT2D eigenvalue weighted by Crippen LogP contribution is 2.47. The van der Waals surface area contributed by atoms with Crippen LogP contribution >= 0.6 is 0 Å². The van der Waals surface area contributed by atoms with Crippen LogP contribution in [0.1, 0.15) is 39.3 Å². The number of carbonyl (C=O) groups excluding carboxylic acids is 2. The van der Waals surface area contributed by atoms with Crippen LogP contribution in [0.15, 0.2) is 42.5 Å². The number of hydrogen-bond donors (Lipinski definition) is 3. The van der Waals surface area contributed by atoms with E-state index in [1.165, 1.54) is 0 Å². The fourth-order valence-electron chi connectivity index (χ4n) is 6.00. The third-order valence-electron chi connectivity index (χ3n) is 7.63. The molecule has 32 heavy (non-hydrogen) atoms. The van der Waals surface area contributed by atoms with Gasteiger partial charge >= 0.3 is 0 Å². The van der Waals surface area contributed by atoms with Gasteiger partial charge in [-0.3, -0.25) is 9.59 Å². The minimum Gasteiger partial charge on any atom is -0.495 e. The molecule has 1 saturated heterocycles. The topological polar surface area (TPSA) is 86.5 Å². The molecule has 6 rings (SSSR count). The van der Waals surface area contributed by atoms with Crippen molar-refractivity contribution in [1.29, 1.82) is 0 Å². The number of aryl methyl sites for hydroxylation is 1. The number of benzene rings is 2. The van der Waals surface area contributed by atoms with Crippen LogP contribution in [0, 0.1) is 18.8 Å². The molecule has 1 saturated carbocycles. The second-order valence-corrected chi connectivity index (χ2v) is 9.22. The highest BCUT2D eigenvalue weighted by Gasteiger charge is 2.55. The summed E-state index contributed by atoms with van der Waals surface area (Å²) in [6, 6.07) is 13.5. The monoisotopic (exact) mass is 430 g/mol. The normalized spacial score (nSPS) is 26.1. The van der Waals surface area contributed by atoms with Gasteiger partial charge in [-0.05, 0) is 49.4 Å².